The molecule has 14 heteroatoms. The molecule has 0 aromatic carbocycles. The minimum atomic E-state index is -4.50. The average Bonchev–Trinajstić information content (AvgIpc) is 3.51. The molecular formula is C23H22F3N9O2. The van der Waals surface area contributed by atoms with Crippen LogP contribution in [0.15, 0.2) is 40.2 Å². The van der Waals surface area contributed by atoms with Gasteiger partial charge in [-0.15, -0.1) is 0 Å². The summed E-state index contributed by atoms with van der Waals surface area (Å²) in [6, 6.07) is 6.00. The van der Waals surface area contributed by atoms with Gasteiger partial charge in [-0.05, 0) is 31.1 Å². The van der Waals surface area contributed by atoms with Gasteiger partial charge in [0.1, 0.15) is 23.0 Å². The highest BCUT2D eigenvalue weighted by molar-refractivity contribution is 5.58. The minimum Gasteiger partial charge on any atom is -0.493 e. The lowest BCUT2D eigenvalue weighted by molar-refractivity contribution is -0.141. The van der Waals surface area contributed by atoms with Gasteiger partial charge in [0, 0.05) is 37.5 Å². The average molecular weight is 513 g/mol. The van der Waals surface area contributed by atoms with Gasteiger partial charge in [-0.1, -0.05) is 6.07 Å². The first-order valence-corrected chi connectivity index (χ1v) is 11.7. The summed E-state index contributed by atoms with van der Waals surface area (Å²) < 4.78 is 40.9. The van der Waals surface area contributed by atoms with E-state index >= 15 is 0 Å². The van der Waals surface area contributed by atoms with Crippen molar-refractivity contribution in [3.63, 3.8) is 0 Å². The zero-order valence-electron chi connectivity index (χ0n) is 19.4. The molecule has 0 atom stereocenters. The number of fused-ring (bicyclic) bond motifs is 1. The lowest BCUT2D eigenvalue weighted by Crippen LogP contribution is -2.47. The number of hydrogen-bond acceptors (Lipinski definition) is 8. The van der Waals surface area contributed by atoms with Crippen molar-refractivity contribution >= 4 is 23.4 Å². The van der Waals surface area contributed by atoms with Crippen LogP contribution in [0.1, 0.15) is 24.2 Å². The quantitative estimate of drug-likeness (QED) is 0.368. The molecule has 1 saturated carbocycles. The van der Waals surface area contributed by atoms with E-state index in [1.165, 1.54) is 6.07 Å². The number of alkyl halides is 3. The molecule has 0 radical (unpaired) electrons. The first-order valence-electron chi connectivity index (χ1n) is 11.7. The normalized spacial score (nSPS) is 17.8. The van der Waals surface area contributed by atoms with Gasteiger partial charge >= 0.3 is 11.9 Å². The van der Waals surface area contributed by atoms with Gasteiger partial charge in [-0.2, -0.15) is 22.8 Å². The van der Waals surface area contributed by atoms with Gasteiger partial charge in [-0.25, -0.2) is 14.8 Å². The highest BCUT2D eigenvalue weighted by Gasteiger charge is 2.33. The number of imidazole rings is 1. The Bertz CT molecular complexity index is 1640. The maximum absolute atomic E-state index is 13.1. The molecule has 37 heavy (non-hydrogen) atoms. The van der Waals surface area contributed by atoms with Crippen LogP contribution in [0.3, 0.4) is 0 Å². The number of nitrogens with zero attached hydrogens (tertiary/aromatic N) is 7. The molecule has 0 spiro atoms. The van der Waals surface area contributed by atoms with E-state index in [9.17, 15) is 23.1 Å². The van der Waals surface area contributed by atoms with Crippen molar-refractivity contribution in [1.29, 1.82) is 0 Å². The maximum atomic E-state index is 13.1. The number of anilines is 2. The third-order valence-corrected chi connectivity index (χ3v) is 6.32. The van der Waals surface area contributed by atoms with Crippen LogP contribution in [0.5, 0.6) is 5.88 Å². The second-order valence-electron chi connectivity index (χ2n) is 9.01. The SMILES string of the molecule is O=c1[nH]c(O)c(/C=c2\cnn3c(=NC4CC4)cc(N4CCN(c5cccc(C(F)(F)F)n5)CC4)nc23)[nH]1. The standard InChI is InChI=1S/C23H22F3N9O2/c24-23(25,26)16-2-1-3-17(30-16)33-6-8-34(9-7-33)18-11-19(28-14-4-5-14)35-20(31-18)13(12-27-35)10-15-21(36)32-22(37)29-15/h1-3,10-12,14,36H,4-9H2,(H2,29,32,37)/b13-10+,28-19?. The van der Waals surface area contributed by atoms with Crippen LogP contribution < -0.4 is 26.2 Å². The minimum absolute atomic E-state index is 0.204. The summed E-state index contributed by atoms with van der Waals surface area (Å²) in [5.74, 6) is 0.656. The Morgan fingerprint density at radius 2 is 1.78 bits per heavy atom. The molecule has 2 fully saturated rings. The Kier molecular flexibility index (Phi) is 5.38. The number of aromatic hydroxyl groups is 1. The molecule has 1 aliphatic carbocycles. The van der Waals surface area contributed by atoms with Crippen LogP contribution in [0.25, 0.3) is 11.7 Å². The van der Waals surface area contributed by atoms with Crippen molar-refractivity contribution in [2.75, 3.05) is 36.0 Å². The summed E-state index contributed by atoms with van der Waals surface area (Å²) in [4.78, 5) is 33.6. The van der Waals surface area contributed by atoms with E-state index in [2.05, 4.69) is 20.1 Å². The van der Waals surface area contributed by atoms with Crippen LogP contribution in [0.4, 0.5) is 24.8 Å². The Hall–Kier alpha value is -4.36. The van der Waals surface area contributed by atoms with Crippen molar-refractivity contribution in [3.8, 4) is 5.88 Å². The smallest absolute Gasteiger partial charge is 0.433 e. The van der Waals surface area contributed by atoms with Crippen molar-refractivity contribution in [2.24, 2.45) is 4.99 Å². The summed E-state index contributed by atoms with van der Waals surface area (Å²) >= 11 is 0. The third-order valence-electron chi connectivity index (χ3n) is 6.32. The second-order valence-corrected chi connectivity index (χ2v) is 9.01. The van der Waals surface area contributed by atoms with Gasteiger partial charge in [0.05, 0.1) is 12.2 Å². The van der Waals surface area contributed by atoms with E-state index in [4.69, 9.17) is 9.98 Å². The van der Waals surface area contributed by atoms with Crippen LogP contribution in [-0.2, 0) is 6.18 Å². The van der Waals surface area contributed by atoms with Crippen LogP contribution in [-0.4, -0.2) is 66.9 Å². The second kappa shape index (κ2) is 8.64. The predicted octanol–water partition coefficient (Wildman–Crippen LogP) is 0.802. The molecule has 0 amide bonds. The van der Waals surface area contributed by atoms with E-state index in [1.54, 1.807) is 22.9 Å². The Morgan fingerprint density at radius 3 is 2.43 bits per heavy atom. The molecule has 6 rings (SSSR count). The van der Waals surface area contributed by atoms with Gasteiger partial charge in [-0.3, -0.25) is 9.98 Å². The van der Waals surface area contributed by atoms with E-state index < -0.39 is 17.6 Å². The zero-order chi connectivity index (χ0) is 25.7. The molecule has 3 N–H and O–H groups in total. The Labute approximate surface area is 206 Å². The molecule has 11 nitrogen and oxygen atoms in total. The number of nitrogens with one attached hydrogen (secondary N) is 2. The fourth-order valence-electron chi connectivity index (χ4n) is 4.27. The topological polar surface area (TPSA) is 131 Å². The Morgan fingerprint density at radius 1 is 1.05 bits per heavy atom. The molecule has 4 aromatic rings. The van der Waals surface area contributed by atoms with Crippen molar-refractivity contribution in [1.82, 2.24) is 29.5 Å². The molecule has 2 aliphatic rings. The van der Waals surface area contributed by atoms with Gasteiger partial charge in [0.15, 0.2) is 11.1 Å². The number of H-pyrrole nitrogens is 2. The predicted molar refractivity (Wildman–Crippen MR) is 127 cm³/mol. The number of hydrogen-bond donors (Lipinski definition) is 3. The number of rotatable bonds is 4. The number of aromatic amines is 2. The van der Waals surface area contributed by atoms with Crippen LogP contribution >= 0.6 is 0 Å². The monoisotopic (exact) mass is 513 g/mol. The molecule has 1 aliphatic heterocycles. The molecular weight excluding hydrogens is 491 g/mol. The lowest BCUT2D eigenvalue weighted by Gasteiger charge is -2.36. The first-order chi connectivity index (χ1) is 17.7. The summed E-state index contributed by atoms with van der Waals surface area (Å²) in [7, 11) is 0. The zero-order valence-corrected chi connectivity index (χ0v) is 19.4. The largest absolute Gasteiger partial charge is 0.493 e. The van der Waals surface area contributed by atoms with Crippen molar-refractivity contribution < 1.29 is 18.3 Å². The van der Waals surface area contributed by atoms with Crippen LogP contribution in [0.2, 0.25) is 0 Å². The van der Waals surface area contributed by atoms with Crippen molar-refractivity contribution in [3.05, 3.63) is 63.0 Å². The number of pyridine rings is 1. The fraction of sp³-hybridized carbons (Fsp3) is 0.348. The first kappa shape index (κ1) is 23.1. The summed E-state index contributed by atoms with van der Waals surface area (Å²) in [5.41, 5.74) is -0.108. The van der Waals surface area contributed by atoms with Gasteiger partial charge < -0.3 is 19.9 Å². The highest BCUT2D eigenvalue weighted by atomic mass is 19.4. The molecule has 4 aromatic heterocycles. The molecule has 1 saturated heterocycles. The summed E-state index contributed by atoms with van der Waals surface area (Å²) in [6.07, 6.45) is 0.661. The van der Waals surface area contributed by atoms with E-state index in [0.717, 1.165) is 18.9 Å². The van der Waals surface area contributed by atoms with E-state index in [-0.39, 0.29) is 23.4 Å². The maximum Gasteiger partial charge on any atom is 0.433 e. The summed E-state index contributed by atoms with van der Waals surface area (Å²) in [6.45, 7) is 1.96. The Balaban J connectivity index is 1.33. The molecule has 192 valence electrons. The third kappa shape index (κ3) is 4.61. The molecule has 5 heterocycles. The van der Waals surface area contributed by atoms with E-state index in [1.807, 2.05) is 15.9 Å². The fourth-order valence-corrected chi connectivity index (χ4v) is 4.27. The van der Waals surface area contributed by atoms with Gasteiger partial charge in [0.2, 0.25) is 5.88 Å². The lowest BCUT2D eigenvalue weighted by atomic mass is 10.2. The van der Waals surface area contributed by atoms with Crippen molar-refractivity contribution in [2.45, 2.75) is 25.1 Å². The van der Waals surface area contributed by atoms with E-state index in [0.29, 0.717) is 48.4 Å². The van der Waals surface area contributed by atoms with Crippen LogP contribution in [0, 0.1) is 0 Å². The molecule has 0 bridgehead atoms. The number of aromatic nitrogens is 6. The number of halogens is 3. The molecule has 0 unspecified atom stereocenters. The highest BCUT2D eigenvalue weighted by Crippen LogP contribution is 2.29. The summed E-state index contributed by atoms with van der Waals surface area (Å²) in [5, 5.41) is 15.0. The number of piperazine rings is 1. The van der Waals surface area contributed by atoms with Gasteiger partial charge in [0.25, 0.3) is 0 Å².